The van der Waals surface area contributed by atoms with E-state index in [1.807, 2.05) is 11.3 Å². The lowest BCUT2D eigenvalue weighted by atomic mass is 10.1. The van der Waals surface area contributed by atoms with Crippen molar-refractivity contribution in [1.82, 2.24) is 15.2 Å². The van der Waals surface area contributed by atoms with Gasteiger partial charge in [0.25, 0.3) is 0 Å². The molecule has 1 saturated heterocycles. The summed E-state index contributed by atoms with van der Waals surface area (Å²) in [5, 5.41) is 4.75. The van der Waals surface area contributed by atoms with E-state index in [4.69, 9.17) is 0 Å². The van der Waals surface area contributed by atoms with Gasteiger partial charge in [-0.3, -0.25) is 0 Å². The lowest BCUT2D eigenvalue weighted by molar-refractivity contribution is 0.238. The predicted octanol–water partition coefficient (Wildman–Crippen LogP) is 1.59. The number of aryl methyl sites for hydroxylation is 2. The topological polar surface area (TPSA) is 28.2 Å². The molecule has 2 heterocycles. The number of aromatic nitrogens is 1. The molecule has 0 saturated carbocycles. The summed E-state index contributed by atoms with van der Waals surface area (Å²) in [4.78, 5) is 8.48. The van der Waals surface area contributed by atoms with Crippen molar-refractivity contribution >= 4 is 11.3 Å². The largest absolute Gasteiger partial charge is 0.306 e. The predicted molar refractivity (Wildman–Crippen MR) is 64.5 cm³/mol. The maximum absolute atomic E-state index is 4.67. The number of rotatable bonds is 2. The zero-order valence-corrected chi connectivity index (χ0v) is 10.5. The summed E-state index contributed by atoms with van der Waals surface area (Å²) in [5.74, 6) is 0. The van der Waals surface area contributed by atoms with Gasteiger partial charge in [0.15, 0.2) is 0 Å². The number of piperazine rings is 1. The molecular weight excluding hydrogens is 206 g/mol. The monoisotopic (exact) mass is 225 g/mol. The van der Waals surface area contributed by atoms with Crippen LogP contribution < -0.4 is 5.32 Å². The van der Waals surface area contributed by atoms with E-state index in [9.17, 15) is 0 Å². The molecular formula is C11H19N3S. The molecule has 0 bridgehead atoms. The summed E-state index contributed by atoms with van der Waals surface area (Å²) in [6.45, 7) is 7.60. The van der Waals surface area contributed by atoms with Crippen LogP contribution in [-0.2, 0) is 6.42 Å². The van der Waals surface area contributed by atoms with Gasteiger partial charge in [-0.2, -0.15) is 0 Å². The molecule has 3 nitrogen and oxygen atoms in total. The van der Waals surface area contributed by atoms with Crippen LogP contribution in [0.3, 0.4) is 0 Å². The molecule has 84 valence electrons. The minimum atomic E-state index is 0.434. The number of hydrogen-bond donors (Lipinski definition) is 1. The highest BCUT2D eigenvalue weighted by Gasteiger charge is 2.22. The van der Waals surface area contributed by atoms with Gasteiger partial charge in [-0.1, -0.05) is 6.92 Å². The fraction of sp³-hybridized carbons (Fsp3) is 0.727. The summed E-state index contributed by atoms with van der Waals surface area (Å²) in [6.07, 6.45) is 1.10. The Bertz CT molecular complexity index is 335. The lowest BCUT2D eigenvalue weighted by Gasteiger charge is -2.30. The highest BCUT2D eigenvalue weighted by Crippen LogP contribution is 2.25. The molecule has 1 aliphatic heterocycles. The number of nitrogens with one attached hydrogen (secondary N) is 1. The molecule has 1 unspecified atom stereocenters. The van der Waals surface area contributed by atoms with E-state index >= 15 is 0 Å². The fourth-order valence-electron chi connectivity index (χ4n) is 2.09. The smallest absolute Gasteiger partial charge is 0.0900 e. The first-order valence-electron chi connectivity index (χ1n) is 5.58. The number of likely N-dealkylation sites (N-methyl/N-ethyl adjacent to an activating group) is 1. The Morgan fingerprint density at radius 3 is 3.07 bits per heavy atom. The molecule has 0 aliphatic carbocycles. The van der Waals surface area contributed by atoms with Crippen LogP contribution in [0.4, 0.5) is 0 Å². The van der Waals surface area contributed by atoms with Gasteiger partial charge in [-0.05, 0) is 20.4 Å². The molecule has 0 radical (unpaired) electrons. The van der Waals surface area contributed by atoms with E-state index in [0.29, 0.717) is 6.04 Å². The second-order valence-corrected chi connectivity index (χ2v) is 5.45. The molecule has 15 heavy (non-hydrogen) atoms. The fourth-order valence-corrected chi connectivity index (χ4v) is 3.03. The van der Waals surface area contributed by atoms with Crippen LogP contribution in [0, 0.1) is 6.92 Å². The average Bonchev–Trinajstić information content (AvgIpc) is 2.59. The van der Waals surface area contributed by atoms with E-state index < -0.39 is 0 Å². The molecule has 1 aromatic heterocycles. The Kier molecular flexibility index (Phi) is 3.38. The standard InChI is InChI=1S/C11H19N3S/c1-4-10-11(13-8(2)15-10)9-7-14(3)6-5-12-9/h9,12H,4-7H2,1-3H3. The third-order valence-corrected chi connectivity index (χ3v) is 4.00. The SMILES string of the molecule is CCc1sc(C)nc1C1CN(C)CCN1. The highest BCUT2D eigenvalue weighted by atomic mass is 32.1. The zero-order valence-electron chi connectivity index (χ0n) is 9.71. The molecule has 1 fully saturated rings. The van der Waals surface area contributed by atoms with Crippen molar-refractivity contribution in [2.45, 2.75) is 26.3 Å². The van der Waals surface area contributed by atoms with Gasteiger partial charge in [0.1, 0.15) is 0 Å². The first-order chi connectivity index (χ1) is 7.20. The van der Waals surface area contributed by atoms with Crippen LogP contribution >= 0.6 is 11.3 Å². The summed E-state index contributed by atoms with van der Waals surface area (Å²) in [5.41, 5.74) is 1.28. The molecule has 2 rings (SSSR count). The van der Waals surface area contributed by atoms with Crippen molar-refractivity contribution in [3.05, 3.63) is 15.6 Å². The van der Waals surface area contributed by atoms with Crippen molar-refractivity contribution < 1.29 is 0 Å². The summed E-state index contributed by atoms with van der Waals surface area (Å²) in [7, 11) is 2.18. The van der Waals surface area contributed by atoms with Crippen molar-refractivity contribution in [3.63, 3.8) is 0 Å². The van der Waals surface area contributed by atoms with Crippen LogP contribution in [0.5, 0.6) is 0 Å². The van der Waals surface area contributed by atoms with Crippen molar-refractivity contribution in [3.8, 4) is 0 Å². The molecule has 1 atom stereocenters. The van der Waals surface area contributed by atoms with E-state index in [1.54, 1.807) is 0 Å². The Hall–Kier alpha value is -0.450. The first-order valence-corrected chi connectivity index (χ1v) is 6.40. The Morgan fingerprint density at radius 1 is 1.60 bits per heavy atom. The van der Waals surface area contributed by atoms with E-state index in [-0.39, 0.29) is 0 Å². The van der Waals surface area contributed by atoms with Gasteiger partial charge in [-0.25, -0.2) is 4.98 Å². The van der Waals surface area contributed by atoms with Gasteiger partial charge >= 0.3 is 0 Å². The molecule has 0 spiro atoms. The van der Waals surface area contributed by atoms with E-state index in [1.165, 1.54) is 15.6 Å². The average molecular weight is 225 g/mol. The van der Waals surface area contributed by atoms with Crippen LogP contribution in [0.15, 0.2) is 0 Å². The number of hydrogen-bond acceptors (Lipinski definition) is 4. The van der Waals surface area contributed by atoms with Gasteiger partial charge in [0.05, 0.1) is 16.7 Å². The minimum Gasteiger partial charge on any atom is -0.306 e. The molecule has 0 aromatic carbocycles. The van der Waals surface area contributed by atoms with Crippen molar-refractivity contribution in [2.75, 3.05) is 26.7 Å². The zero-order chi connectivity index (χ0) is 10.8. The summed E-state index contributed by atoms with van der Waals surface area (Å²) in [6, 6.07) is 0.434. The second kappa shape index (κ2) is 4.60. The molecule has 1 aliphatic rings. The van der Waals surface area contributed by atoms with Crippen LogP contribution in [0.25, 0.3) is 0 Å². The Morgan fingerprint density at radius 2 is 2.40 bits per heavy atom. The van der Waals surface area contributed by atoms with Gasteiger partial charge in [-0.15, -0.1) is 11.3 Å². The maximum Gasteiger partial charge on any atom is 0.0900 e. The molecule has 4 heteroatoms. The quantitative estimate of drug-likeness (QED) is 0.828. The third-order valence-electron chi connectivity index (χ3n) is 2.86. The third kappa shape index (κ3) is 2.38. The first kappa shape index (κ1) is 11.0. The van der Waals surface area contributed by atoms with Gasteiger partial charge in [0, 0.05) is 24.5 Å². The van der Waals surface area contributed by atoms with E-state index in [2.05, 4.69) is 36.1 Å². The number of nitrogens with zero attached hydrogens (tertiary/aromatic N) is 2. The Balaban J connectivity index is 2.19. The van der Waals surface area contributed by atoms with Crippen LogP contribution in [0.1, 0.15) is 28.5 Å². The highest BCUT2D eigenvalue weighted by molar-refractivity contribution is 7.11. The minimum absolute atomic E-state index is 0.434. The molecule has 1 aromatic rings. The maximum atomic E-state index is 4.67. The second-order valence-electron chi connectivity index (χ2n) is 4.16. The normalized spacial score (nSPS) is 23.3. The molecule has 0 amide bonds. The Labute approximate surface area is 95.5 Å². The summed E-state index contributed by atoms with van der Waals surface area (Å²) >= 11 is 1.84. The van der Waals surface area contributed by atoms with Gasteiger partial charge < -0.3 is 10.2 Å². The summed E-state index contributed by atoms with van der Waals surface area (Å²) < 4.78 is 0. The van der Waals surface area contributed by atoms with E-state index in [0.717, 1.165) is 26.1 Å². The molecule has 1 N–H and O–H groups in total. The lowest BCUT2D eigenvalue weighted by Crippen LogP contribution is -2.44. The van der Waals surface area contributed by atoms with Crippen molar-refractivity contribution in [1.29, 1.82) is 0 Å². The van der Waals surface area contributed by atoms with Crippen LogP contribution in [-0.4, -0.2) is 36.6 Å². The van der Waals surface area contributed by atoms with Crippen LogP contribution in [0.2, 0.25) is 0 Å². The number of thiazole rings is 1. The van der Waals surface area contributed by atoms with Gasteiger partial charge in [0.2, 0.25) is 0 Å². The van der Waals surface area contributed by atoms with Crippen molar-refractivity contribution in [2.24, 2.45) is 0 Å².